The number of hydrogen-bond donors (Lipinski definition) is 0. The maximum Gasteiger partial charge on any atom is 0.169 e. The van der Waals surface area contributed by atoms with Crippen molar-refractivity contribution < 1.29 is 28.5 Å². The maximum absolute atomic E-state index is 13.1. The molecule has 0 atom stereocenters. The fraction of sp³-hybridized carbons (Fsp3) is 0.514. The molecule has 2 saturated heterocycles. The molecule has 2 aromatic carbocycles. The zero-order chi connectivity index (χ0) is 32.1. The molecule has 0 amide bonds. The van der Waals surface area contributed by atoms with Gasteiger partial charge in [0, 0.05) is 13.1 Å². The van der Waals surface area contributed by atoms with Crippen LogP contribution < -0.4 is 18.9 Å². The van der Waals surface area contributed by atoms with Crippen molar-refractivity contribution in [2.45, 2.75) is 52.4 Å². The van der Waals surface area contributed by atoms with Gasteiger partial charge in [-0.05, 0) is 113 Å². The van der Waals surface area contributed by atoms with Crippen LogP contribution in [0, 0.1) is 5.41 Å². The molecule has 2 aromatic rings. The van der Waals surface area contributed by atoms with Crippen LogP contribution in [0.2, 0.25) is 0 Å². The fourth-order valence-corrected chi connectivity index (χ4v) is 5.63. The summed E-state index contributed by atoms with van der Waals surface area (Å²) >= 11 is 0. The van der Waals surface area contributed by atoms with Crippen LogP contribution in [0.4, 0.5) is 0 Å². The summed E-state index contributed by atoms with van der Waals surface area (Å²) in [6.45, 7) is 10.8. The van der Waals surface area contributed by atoms with E-state index in [4.69, 9.17) is 18.9 Å². The minimum atomic E-state index is -1.23. The average molecular weight is 619 g/mol. The Hall–Kier alpha value is -3.62. The highest BCUT2D eigenvalue weighted by atomic mass is 16.5. The molecule has 2 aliphatic rings. The van der Waals surface area contributed by atoms with Crippen LogP contribution in [0.1, 0.15) is 63.5 Å². The highest BCUT2D eigenvalue weighted by Crippen LogP contribution is 2.31. The van der Waals surface area contributed by atoms with Crippen molar-refractivity contribution in [2.24, 2.45) is 5.41 Å². The van der Waals surface area contributed by atoms with Crippen LogP contribution in [0.5, 0.6) is 23.0 Å². The summed E-state index contributed by atoms with van der Waals surface area (Å²) in [6.07, 6.45) is 13.9. The summed E-state index contributed by atoms with van der Waals surface area (Å²) in [5.74, 6) is 1.99. The monoisotopic (exact) mass is 618 g/mol. The number of hydrogen-bond acceptors (Lipinski definition) is 8. The smallest absolute Gasteiger partial charge is 0.169 e. The summed E-state index contributed by atoms with van der Waals surface area (Å²) < 4.78 is 23.1. The number of piperidine rings is 2. The number of likely N-dealkylation sites (tertiary alicyclic amines) is 2. The summed E-state index contributed by atoms with van der Waals surface area (Å²) in [7, 11) is 3.21. The van der Waals surface area contributed by atoms with Gasteiger partial charge in [0.1, 0.15) is 13.2 Å². The molecule has 0 unspecified atom stereocenters. The molecule has 0 saturated carbocycles. The van der Waals surface area contributed by atoms with E-state index >= 15 is 0 Å². The first-order chi connectivity index (χ1) is 21.8. The highest BCUT2D eigenvalue weighted by Gasteiger charge is 2.32. The van der Waals surface area contributed by atoms with E-state index in [9.17, 15) is 9.59 Å². The minimum absolute atomic E-state index is 0.284. The van der Waals surface area contributed by atoms with Gasteiger partial charge in [-0.15, -0.1) is 0 Å². The van der Waals surface area contributed by atoms with Crippen molar-refractivity contribution in [3.05, 3.63) is 59.7 Å². The summed E-state index contributed by atoms with van der Waals surface area (Å²) in [5.41, 5.74) is 0.344. The van der Waals surface area contributed by atoms with Crippen LogP contribution in [-0.4, -0.2) is 88.1 Å². The van der Waals surface area contributed by atoms with E-state index in [-0.39, 0.29) is 11.6 Å². The van der Waals surface area contributed by atoms with Crippen molar-refractivity contribution in [3.8, 4) is 23.0 Å². The van der Waals surface area contributed by atoms with E-state index < -0.39 is 5.41 Å². The first-order valence-electron chi connectivity index (χ1n) is 16.3. The number of allylic oxidation sites excluding steroid dienone is 2. The molecule has 244 valence electrons. The number of ether oxygens (including phenoxy) is 4. The summed E-state index contributed by atoms with van der Waals surface area (Å²) in [5, 5.41) is 0. The van der Waals surface area contributed by atoms with Gasteiger partial charge in [0.2, 0.25) is 0 Å². The lowest BCUT2D eigenvalue weighted by Crippen LogP contribution is -2.33. The van der Waals surface area contributed by atoms with Gasteiger partial charge in [-0.2, -0.15) is 0 Å². The van der Waals surface area contributed by atoms with Crippen LogP contribution in [0.3, 0.4) is 0 Å². The third-order valence-electron chi connectivity index (χ3n) is 8.69. The molecule has 2 heterocycles. The molecule has 0 aromatic heterocycles. The average Bonchev–Trinajstić information content (AvgIpc) is 3.07. The van der Waals surface area contributed by atoms with Crippen molar-refractivity contribution in [3.63, 3.8) is 0 Å². The molecule has 2 aliphatic heterocycles. The standard InChI is InChI=1S/C37H50N2O6/c1-37(2,35(40)17-13-29-11-15-31(33(27-29)42-3)44-25-23-38-19-7-5-8-20-38)36(41)18-14-30-12-16-32(34(28-30)43-4)45-26-24-39-21-9-6-10-22-39/h11-18,27-28H,5-10,19-26H2,1-4H3/b17-13+,18-14+. The fourth-order valence-electron chi connectivity index (χ4n) is 5.63. The molecule has 0 radical (unpaired) electrons. The SMILES string of the molecule is COc1cc(/C=C/C(=O)C(C)(C)C(=O)/C=C/c2ccc(OCCN3CCCCC3)c(OC)c2)ccc1OCCN1CCCCC1. The number of ketones is 2. The Bertz CT molecular complexity index is 1220. The minimum Gasteiger partial charge on any atom is -0.493 e. The topological polar surface area (TPSA) is 77.5 Å². The van der Waals surface area contributed by atoms with E-state index in [2.05, 4.69) is 9.80 Å². The first-order valence-corrected chi connectivity index (χ1v) is 16.3. The number of methoxy groups -OCH3 is 2. The molecule has 0 aliphatic carbocycles. The molecule has 4 rings (SSSR count). The van der Waals surface area contributed by atoms with Crippen molar-refractivity contribution in [2.75, 3.05) is 66.7 Å². The van der Waals surface area contributed by atoms with Crippen LogP contribution in [0.25, 0.3) is 12.2 Å². The number of carbonyl (C=O) groups excluding carboxylic acids is 2. The zero-order valence-corrected chi connectivity index (χ0v) is 27.5. The molecule has 2 fully saturated rings. The second kappa shape index (κ2) is 17.2. The lowest BCUT2D eigenvalue weighted by molar-refractivity contribution is -0.132. The van der Waals surface area contributed by atoms with Crippen LogP contribution in [-0.2, 0) is 9.59 Å². The lowest BCUT2D eigenvalue weighted by atomic mass is 9.82. The van der Waals surface area contributed by atoms with Gasteiger partial charge >= 0.3 is 0 Å². The molecule has 8 heteroatoms. The highest BCUT2D eigenvalue weighted by molar-refractivity contribution is 6.16. The van der Waals surface area contributed by atoms with Crippen molar-refractivity contribution >= 4 is 23.7 Å². The molecule has 8 nitrogen and oxygen atoms in total. The molecule has 0 spiro atoms. The molecular formula is C37H50N2O6. The Morgan fingerprint density at radius 3 is 1.42 bits per heavy atom. The number of nitrogens with zero attached hydrogens (tertiary/aromatic N) is 2. The predicted molar refractivity (Wildman–Crippen MR) is 179 cm³/mol. The Kier molecular flexibility index (Phi) is 13.1. The van der Waals surface area contributed by atoms with Gasteiger partial charge in [-0.1, -0.05) is 37.1 Å². The maximum atomic E-state index is 13.1. The Balaban J connectivity index is 1.30. The Morgan fingerprint density at radius 1 is 0.644 bits per heavy atom. The van der Waals surface area contributed by atoms with Gasteiger partial charge in [0.05, 0.1) is 19.6 Å². The summed E-state index contributed by atoms with van der Waals surface area (Å²) in [6, 6.07) is 11.2. The second-order valence-corrected chi connectivity index (χ2v) is 12.3. The molecule has 45 heavy (non-hydrogen) atoms. The van der Waals surface area contributed by atoms with E-state index in [1.54, 1.807) is 40.2 Å². The third kappa shape index (κ3) is 10.2. The normalized spacial score (nSPS) is 16.6. The Labute approximate surface area is 269 Å². The third-order valence-corrected chi connectivity index (χ3v) is 8.69. The van der Waals surface area contributed by atoms with Gasteiger partial charge in [-0.25, -0.2) is 0 Å². The van der Waals surface area contributed by atoms with Crippen molar-refractivity contribution in [1.82, 2.24) is 9.80 Å². The van der Waals surface area contributed by atoms with Gasteiger partial charge in [-0.3, -0.25) is 19.4 Å². The lowest BCUT2D eigenvalue weighted by Gasteiger charge is -2.26. The van der Waals surface area contributed by atoms with Crippen LogP contribution >= 0.6 is 0 Å². The molecular weight excluding hydrogens is 568 g/mol. The molecule has 0 bridgehead atoms. The van der Waals surface area contributed by atoms with Gasteiger partial charge in [0.25, 0.3) is 0 Å². The largest absolute Gasteiger partial charge is 0.493 e. The summed E-state index contributed by atoms with van der Waals surface area (Å²) in [4.78, 5) is 31.1. The van der Waals surface area contributed by atoms with E-state index in [1.807, 2.05) is 36.4 Å². The van der Waals surface area contributed by atoms with Crippen LogP contribution in [0.15, 0.2) is 48.6 Å². The number of benzene rings is 2. The van der Waals surface area contributed by atoms with E-state index in [1.165, 1.54) is 50.7 Å². The van der Waals surface area contributed by atoms with E-state index in [0.717, 1.165) is 50.4 Å². The van der Waals surface area contributed by atoms with Gasteiger partial charge < -0.3 is 18.9 Å². The van der Waals surface area contributed by atoms with Gasteiger partial charge in [0.15, 0.2) is 34.6 Å². The number of carbonyl (C=O) groups is 2. The molecule has 0 N–H and O–H groups in total. The zero-order valence-electron chi connectivity index (χ0n) is 27.5. The van der Waals surface area contributed by atoms with Crippen molar-refractivity contribution in [1.29, 1.82) is 0 Å². The van der Waals surface area contributed by atoms with E-state index in [0.29, 0.717) is 36.2 Å². The number of rotatable bonds is 16. The predicted octanol–water partition coefficient (Wildman–Crippen LogP) is 6.32. The Morgan fingerprint density at radius 2 is 1.04 bits per heavy atom. The second-order valence-electron chi connectivity index (χ2n) is 12.3. The first kappa shape index (κ1) is 34.3. The quantitative estimate of drug-likeness (QED) is 0.160.